The molecule has 2 aliphatic rings. The first-order chi connectivity index (χ1) is 14.8. The molecule has 5 nitrogen and oxygen atoms in total. The average molecular weight is 457 g/mol. The van der Waals surface area contributed by atoms with Crippen molar-refractivity contribution in [1.29, 1.82) is 0 Å². The standard InChI is InChI=1S/C16H22ClNO.C5H10O2.C2H7N.C2H6/c17-15-11-13(7-10-18-8-1-2-9-18)5-6-16(15)19-12-14-3-4-14;1-5(2,3)7-4-6;1-3-2;1-2/h5-6,11,14H,1-4,7-10,12H2;4H,1-3H3;3H,1-2H3;1-2H3. The molecule has 3 rings (SSSR count). The second-order valence-electron chi connectivity index (χ2n) is 8.64. The van der Waals surface area contributed by atoms with E-state index in [1.165, 1.54) is 44.3 Å². The summed E-state index contributed by atoms with van der Waals surface area (Å²) in [5.41, 5.74) is 0.998. The van der Waals surface area contributed by atoms with Gasteiger partial charge in [-0.1, -0.05) is 31.5 Å². The molecule has 1 saturated heterocycles. The average Bonchev–Trinajstić information content (AvgIpc) is 3.40. The molecule has 1 heterocycles. The van der Waals surface area contributed by atoms with E-state index in [2.05, 4.69) is 27.1 Å². The van der Waals surface area contributed by atoms with Gasteiger partial charge in [-0.15, -0.1) is 0 Å². The van der Waals surface area contributed by atoms with Gasteiger partial charge in [-0.3, -0.25) is 4.79 Å². The van der Waals surface area contributed by atoms with E-state index >= 15 is 0 Å². The van der Waals surface area contributed by atoms with Crippen LogP contribution in [0.15, 0.2) is 18.2 Å². The highest BCUT2D eigenvalue weighted by Crippen LogP contribution is 2.32. The quantitative estimate of drug-likeness (QED) is 0.542. The highest BCUT2D eigenvalue weighted by molar-refractivity contribution is 6.32. The van der Waals surface area contributed by atoms with Crippen molar-refractivity contribution in [1.82, 2.24) is 10.2 Å². The Bertz CT molecular complexity index is 581. The molecule has 1 saturated carbocycles. The van der Waals surface area contributed by atoms with Crippen molar-refractivity contribution in [2.24, 2.45) is 5.92 Å². The first-order valence-electron chi connectivity index (χ1n) is 11.6. The first kappa shape index (κ1) is 29.7. The van der Waals surface area contributed by atoms with Crippen molar-refractivity contribution >= 4 is 18.1 Å². The van der Waals surface area contributed by atoms with Crippen LogP contribution in [0.2, 0.25) is 5.02 Å². The summed E-state index contributed by atoms with van der Waals surface area (Å²) in [7, 11) is 3.75. The molecule has 6 heteroatoms. The van der Waals surface area contributed by atoms with Crippen LogP contribution in [0.4, 0.5) is 0 Å². The normalized spacial score (nSPS) is 15.4. The van der Waals surface area contributed by atoms with Crippen LogP contribution in [0.25, 0.3) is 0 Å². The molecule has 1 aliphatic heterocycles. The molecule has 31 heavy (non-hydrogen) atoms. The fourth-order valence-corrected chi connectivity index (χ4v) is 3.00. The molecular weight excluding hydrogens is 412 g/mol. The Hall–Kier alpha value is -1.30. The zero-order valence-corrected chi connectivity index (χ0v) is 21.6. The number of rotatable bonds is 7. The maximum absolute atomic E-state index is 9.60. The van der Waals surface area contributed by atoms with Gasteiger partial charge in [0.05, 0.1) is 11.6 Å². The van der Waals surface area contributed by atoms with E-state index in [0.717, 1.165) is 36.3 Å². The second-order valence-corrected chi connectivity index (χ2v) is 9.05. The van der Waals surface area contributed by atoms with Crippen molar-refractivity contribution in [3.63, 3.8) is 0 Å². The maximum Gasteiger partial charge on any atom is 0.293 e. The number of ether oxygens (including phenoxy) is 2. The molecule has 2 fully saturated rings. The minimum atomic E-state index is -0.318. The molecule has 1 aliphatic carbocycles. The fraction of sp³-hybridized carbons (Fsp3) is 0.720. The molecule has 0 radical (unpaired) electrons. The van der Waals surface area contributed by atoms with Gasteiger partial charge >= 0.3 is 0 Å². The van der Waals surface area contributed by atoms with E-state index in [9.17, 15) is 4.79 Å². The smallest absolute Gasteiger partial charge is 0.293 e. The first-order valence-corrected chi connectivity index (χ1v) is 12.0. The van der Waals surface area contributed by atoms with Gasteiger partial charge in [0, 0.05) is 6.54 Å². The molecule has 0 bridgehead atoms. The third kappa shape index (κ3) is 16.1. The molecule has 1 N–H and O–H groups in total. The minimum Gasteiger partial charge on any atom is -0.492 e. The van der Waals surface area contributed by atoms with E-state index in [-0.39, 0.29) is 5.60 Å². The van der Waals surface area contributed by atoms with Crippen LogP contribution in [-0.2, 0) is 16.0 Å². The van der Waals surface area contributed by atoms with Crippen LogP contribution in [-0.4, -0.2) is 57.3 Å². The Morgan fingerprint density at radius 2 is 1.74 bits per heavy atom. The molecular formula is C25H45ClN2O3. The molecule has 0 spiro atoms. The topological polar surface area (TPSA) is 50.8 Å². The van der Waals surface area contributed by atoms with Gasteiger partial charge in [-0.2, -0.15) is 0 Å². The number of benzene rings is 1. The van der Waals surface area contributed by atoms with Crippen LogP contribution in [0.3, 0.4) is 0 Å². The largest absolute Gasteiger partial charge is 0.492 e. The summed E-state index contributed by atoms with van der Waals surface area (Å²) in [4.78, 5) is 12.1. The van der Waals surface area contributed by atoms with Crippen LogP contribution in [0, 0.1) is 5.92 Å². The molecule has 0 atom stereocenters. The lowest BCUT2D eigenvalue weighted by atomic mass is 10.1. The highest BCUT2D eigenvalue weighted by Gasteiger charge is 2.22. The monoisotopic (exact) mass is 456 g/mol. The molecule has 0 amide bonds. The molecule has 180 valence electrons. The Morgan fingerprint density at radius 1 is 1.16 bits per heavy atom. The minimum absolute atomic E-state index is 0.318. The zero-order valence-electron chi connectivity index (χ0n) is 20.8. The van der Waals surface area contributed by atoms with E-state index < -0.39 is 0 Å². The third-order valence-electron chi connectivity index (χ3n) is 4.48. The van der Waals surface area contributed by atoms with Gasteiger partial charge in [-0.25, -0.2) is 0 Å². The van der Waals surface area contributed by atoms with Gasteiger partial charge in [0.25, 0.3) is 6.47 Å². The summed E-state index contributed by atoms with van der Waals surface area (Å²) in [6, 6.07) is 6.26. The summed E-state index contributed by atoms with van der Waals surface area (Å²) >= 11 is 6.29. The number of carbonyl (C=O) groups is 1. The van der Waals surface area contributed by atoms with Crippen molar-refractivity contribution in [3.05, 3.63) is 28.8 Å². The number of nitrogens with one attached hydrogen (secondary N) is 1. The summed E-state index contributed by atoms with van der Waals surface area (Å²) in [6.45, 7) is 14.4. The molecule has 0 aromatic heterocycles. The van der Waals surface area contributed by atoms with E-state index in [4.69, 9.17) is 16.3 Å². The Morgan fingerprint density at radius 3 is 2.16 bits per heavy atom. The number of nitrogens with zero attached hydrogens (tertiary/aromatic N) is 1. The van der Waals surface area contributed by atoms with Gasteiger partial charge in [0.2, 0.25) is 0 Å². The summed E-state index contributed by atoms with van der Waals surface area (Å²) in [6.07, 6.45) is 6.42. The Balaban J connectivity index is 0.000000632. The number of likely N-dealkylation sites (tertiary alicyclic amines) is 1. The van der Waals surface area contributed by atoms with Crippen molar-refractivity contribution in [3.8, 4) is 5.75 Å². The number of hydrogen-bond donors (Lipinski definition) is 1. The Labute approximate surface area is 195 Å². The van der Waals surface area contributed by atoms with E-state index in [1.54, 1.807) is 0 Å². The highest BCUT2D eigenvalue weighted by atomic mass is 35.5. The maximum atomic E-state index is 9.60. The van der Waals surface area contributed by atoms with Gasteiger partial charge in [-0.05, 0) is 104 Å². The van der Waals surface area contributed by atoms with Crippen molar-refractivity contribution < 1.29 is 14.3 Å². The summed E-state index contributed by atoms with van der Waals surface area (Å²) < 4.78 is 10.3. The predicted octanol–water partition coefficient (Wildman–Crippen LogP) is 5.59. The van der Waals surface area contributed by atoms with Crippen LogP contribution in [0.1, 0.15) is 65.9 Å². The fourth-order valence-electron chi connectivity index (χ4n) is 2.75. The Kier molecular flexibility index (Phi) is 16.6. The van der Waals surface area contributed by atoms with Crippen LogP contribution >= 0.6 is 11.6 Å². The lowest BCUT2D eigenvalue weighted by Crippen LogP contribution is -2.21. The van der Waals surface area contributed by atoms with Crippen LogP contribution in [0.5, 0.6) is 5.75 Å². The zero-order chi connectivity index (χ0) is 23.7. The van der Waals surface area contributed by atoms with Gasteiger partial charge in [0.15, 0.2) is 0 Å². The van der Waals surface area contributed by atoms with E-state index in [0.29, 0.717) is 6.47 Å². The van der Waals surface area contributed by atoms with Gasteiger partial charge < -0.3 is 19.7 Å². The molecule has 1 aromatic carbocycles. The van der Waals surface area contributed by atoms with Gasteiger partial charge in [0.1, 0.15) is 11.4 Å². The lowest BCUT2D eigenvalue weighted by molar-refractivity contribution is -0.138. The summed E-state index contributed by atoms with van der Waals surface area (Å²) in [5.74, 6) is 1.62. The summed E-state index contributed by atoms with van der Waals surface area (Å²) in [5, 5.41) is 3.51. The number of halogens is 1. The lowest BCUT2D eigenvalue weighted by Gasteiger charge is -2.15. The van der Waals surface area contributed by atoms with Crippen LogP contribution < -0.4 is 10.1 Å². The number of carbonyl (C=O) groups excluding carboxylic acids is 1. The molecule has 1 aromatic rings. The SMILES string of the molecule is CC.CC(C)(C)OC=O.CNC.Clc1cc(CCN2CCCC2)ccc1OCC1CC1. The molecule has 0 unspecified atom stereocenters. The van der Waals surface area contributed by atoms with Crippen molar-refractivity contribution in [2.75, 3.05) is 40.3 Å². The van der Waals surface area contributed by atoms with E-state index in [1.807, 2.05) is 54.8 Å². The van der Waals surface area contributed by atoms with Crippen molar-refractivity contribution in [2.45, 2.75) is 72.3 Å². The third-order valence-corrected chi connectivity index (χ3v) is 4.78. The second kappa shape index (κ2) is 17.3. The number of hydrogen-bond acceptors (Lipinski definition) is 5. The predicted molar refractivity (Wildman–Crippen MR) is 132 cm³/mol.